The van der Waals surface area contributed by atoms with Gasteiger partial charge in [-0.15, -0.1) is 23.5 Å². The van der Waals surface area contributed by atoms with Gasteiger partial charge in [-0.3, -0.25) is 39.6 Å². The Bertz CT molecular complexity index is 5910. The summed E-state index contributed by atoms with van der Waals surface area (Å²) in [4.78, 5) is 76.1. The number of nitrogens with zero attached hydrogens (tertiary/aromatic N) is 8. The number of thioether (sulfide) groups is 2. The monoisotopic (exact) mass is 1750 g/mol. The first kappa shape index (κ1) is 86.1. The molecular formula is C90H98Cl2N12O13S4. The van der Waals surface area contributed by atoms with Crippen molar-refractivity contribution in [2.45, 2.75) is 125 Å². The third kappa shape index (κ3) is 20.4. The number of sulfonamides is 2. The number of aromatic amines is 2. The summed E-state index contributed by atoms with van der Waals surface area (Å²) in [7, 11) is -7.47. The van der Waals surface area contributed by atoms with Crippen LogP contribution < -0.4 is 28.7 Å². The summed E-state index contributed by atoms with van der Waals surface area (Å²) in [6.07, 6.45) is 16.6. The molecule has 634 valence electrons. The second-order valence-electron chi connectivity index (χ2n) is 33.7. The Morgan fingerprint density at radius 3 is 1.37 bits per heavy atom. The molecule has 6 aliphatic rings. The van der Waals surface area contributed by atoms with Gasteiger partial charge in [-0.05, 0) is 194 Å². The lowest BCUT2D eigenvalue weighted by atomic mass is 9.72. The number of hydrogen-bond acceptors (Lipinski definition) is 21. The minimum Gasteiger partial charge on any atom is -0.455 e. The number of nitro groups is 2. The lowest BCUT2D eigenvalue weighted by Gasteiger charge is -2.39. The second-order valence-corrected chi connectivity index (χ2v) is 40.0. The van der Waals surface area contributed by atoms with Crippen molar-refractivity contribution >= 4 is 135 Å². The van der Waals surface area contributed by atoms with Crippen molar-refractivity contribution in [3.05, 3.63) is 233 Å². The molecule has 2 saturated heterocycles. The number of methoxy groups -OCH3 is 1. The SMILES string of the molecule is CCC[C@H]1CSc2cc(S(=O)(=O)NC(=O)c3ccc(N4CCN(CC5=C(c6ccc(Cl)cc6)CC(C)(C)CC5)CC4)cc3Oc3cnc4[nH]ccc4c3)cc([N+](=O)[O-])c2C1.COCC[C@H]1CSc2cc(S(=O)(=O)NC(=O)c3ccc(N4CCN(CC5=C(c6ccc(Cl)cc6)CC(C)(C)CC5)CC4)cc3Oc3cnc4[nH]ccc4c3)cc([N+](=O)[O-])c2C1. The van der Waals surface area contributed by atoms with E-state index in [0.717, 1.165) is 173 Å². The van der Waals surface area contributed by atoms with Crippen LogP contribution in [0.2, 0.25) is 10.0 Å². The standard InChI is InChI=1S/C45H49ClN6O7S2.C45H49ClN6O6S2/c1-45(2)13-10-32(39(25-45)30-4-6-33(46)7-5-30)27-50-15-17-51(18-16-50)34-8-9-37(41(22-34)59-35-21-31-11-14-47-43(31)48-26-35)44(53)49-61(56,57)36-23-40(52(54)55)38-20-29(12-19-58-3)28-60-42(38)24-36;1-4-5-29-20-38-40(52(54)55)23-36(24-42(38)59-28-29)60(56,57)49-44(53)37-11-10-34(22-41(37)58-35-21-31-13-15-47-43(31)48-26-35)51-18-16-50(17-19-51)27-32-12-14-45(2,3)25-39(32)30-6-8-33(46)9-7-30/h4-9,11,14,21-24,26,29H,10,12-13,15-20,25,27-28H2,1-3H3,(H,47,48)(H,49,53);6-11,13,15,21-24,26,29H,4-5,12,14,16-20,25,27-28H2,1-3H3,(H,47,48)(H,49,53)/t2*29-/m11/s1. The third-order valence-corrected chi connectivity index (χ3v) is 29.6. The Hall–Kier alpha value is -9.82. The molecule has 4 aromatic heterocycles. The molecule has 121 heavy (non-hydrogen) atoms. The molecule has 0 unspecified atom stereocenters. The predicted octanol–water partition coefficient (Wildman–Crippen LogP) is 19.0. The summed E-state index contributed by atoms with van der Waals surface area (Å²) in [6.45, 7) is 20.0. The van der Waals surface area contributed by atoms with Gasteiger partial charge in [0.05, 0.1) is 43.2 Å². The van der Waals surface area contributed by atoms with E-state index in [1.165, 1.54) is 81.5 Å². The number of hydrogen-bond donors (Lipinski definition) is 4. The lowest BCUT2D eigenvalue weighted by Crippen LogP contribution is -2.47. The summed E-state index contributed by atoms with van der Waals surface area (Å²) >= 11 is 15.3. The zero-order valence-electron chi connectivity index (χ0n) is 68.4. The molecule has 2 aliphatic carbocycles. The highest BCUT2D eigenvalue weighted by Crippen LogP contribution is 2.48. The molecule has 2 atom stereocenters. The molecule has 16 rings (SSSR count). The van der Waals surface area contributed by atoms with Gasteiger partial charge in [0.15, 0.2) is 0 Å². The Labute approximate surface area is 723 Å². The van der Waals surface area contributed by atoms with Crippen LogP contribution in [-0.2, 0) is 37.6 Å². The molecule has 25 nitrogen and oxygen atoms in total. The van der Waals surface area contributed by atoms with Gasteiger partial charge in [-0.2, -0.15) is 0 Å². The van der Waals surface area contributed by atoms with E-state index in [1.54, 1.807) is 68.0 Å². The van der Waals surface area contributed by atoms with E-state index >= 15 is 0 Å². The van der Waals surface area contributed by atoms with Gasteiger partial charge in [-0.1, -0.05) is 99.7 Å². The van der Waals surface area contributed by atoms with Gasteiger partial charge >= 0.3 is 0 Å². The molecule has 4 N–H and O–H groups in total. The molecular weight excluding hydrogens is 1660 g/mol. The zero-order valence-corrected chi connectivity index (χ0v) is 73.2. The molecule has 0 radical (unpaired) electrons. The number of pyridine rings is 2. The summed E-state index contributed by atoms with van der Waals surface area (Å²) in [6, 6.07) is 38.8. The maximum atomic E-state index is 14.0. The van der Waals surface area contributed by atoms with Crippen LogP contribution in [0.1, 0.15) is 135 Å². The predicted molar refractivity (Wildman–Crippen MR) is 477 cm³/mol. The highest BCUT2D eigenvalue weighted by Gasteiger charge is 2.37. The third-order valence-electron chi connectivity index (χ3n) is 23.8. The first-order valence-corrected chi connectivity index (χ1v) is 46.6. The number of aromatic nitrogens is 4. The number of amides is 2. The van der Waals surface area contributed by atoms with Crippen LogP contribution in [0.25, 0.3) is 33.2 Å². The Kier molecular flexibility index (Phi) is 26.1. The summed E-state index contributed by atoms with van der Waals surface area (Å²) in [5.41, 5.74) is 12.1. The number of carbonyl (C=O) groups excluding carboxylic acids is 2. The van der Waals surface area contributed by atoms with Crippen LogP contribution in [0.5, 0.6) is 23.0 Å². The number of halogens is 2. The summed E-state index contributed by atoms with van der Waals surface area (Å²) in [5.74, 6) is 0.978. The Morgan fingerprint density at radius 1 is 0.562 bits per heavy atom. The average Bonchev–Trinajstić information content (AvgIpc) is 1.01. The van der Waals surface area contributed by atoms with E-state index in [-0.39, 0.29) is 66.5 Å². The lowest BCUT2D eigenvalue weighted by molar-refractivity contribution is -0.386. The van der Waals surface area contributed by atoms with Crippen molar-refractivity contribution in [2.24, 2.45) is 22.7 Å². The smallest absolute Gasteiger partial charge is 0.275 e. The first-order valence-electron chi connectivity index (χ1n) is 40.9. The van der Waals surface area contributed by atoms with Crippen molar-refractivity contribution in [1.82, 2.24) is 39.2 Å². The molecule has 4 aliphatic heterocycles. The number of fused-ring (bicyclic) bond motifs is 4. The quantitative estimate of drug-likeness (QED) is 0.0305. The van der Waals surface area contributed by atoms with Gasteiger partial charge in [0.1, 0.15) is 34.3 Å². The summed E-state index contributed by atoms with van der Waals surface area (Å²) < 4.78 is 77.6. The normalized spacial score (nSPS) is 18.3. The Morgan fingerprint density at radius 2 is 0.975 bits per heavy atom. The molecule has 10 aromatic rings. The fraction of sp³-hybridized carbons (Fsp3) is 0.378. The number of H-pyrrole nitrogens is 2. The maximum absolute atomic E-state index is 14.0. The number of anilines is 2. The van der Waals surface area contributed by atoms with Gasteiger partial charge in [0.25, 0.3) is 43.2 Å². The molecule has 8 heterocycles. The largest absolute Gasteiger partial charge is 0.455 e. The van der Waals surface area contributed by atoms with Crippen LogP contribution in [0.15, 0.2) is 189 Å². The van der Waals surface area contributed by atoms with E-state index in [0.29, 0.717) is 68.9 Å². The molecule has 0 saturated carbocycles. The van der Waals surface area contributed by atoms with Crippen LogP contribution in [-0.4, -0.2) is 159 Å². The van der Waals surface area contributed by atoms with E-state index in [4.69, 9.17) is 37.4 Å². The number of benzene rings is 6. The van der Waals surface area contributed by atoms with Gasteiger partial charge in [-0.25, -0.2) is 36.2 Å². The topological polar surface area (TPSA) is 311 Å². The van der Waals surface area contributed by atoms with Crippen LogP contribution in [0.3, 0.4) is 0 Å². The number of nitrogens with one attached hydrogen (secondary N) is 4. The van der Waals surface area contributed by atoms with E-state index < -0.39 is 41.7 Å². The average molecular weight is 1760 g/mol. The first-order chi connectivity index (χ1) is 58.0. The van der Waals surface area contributed by atoms with E-state index in [1.807, 2.05) is 36.4 Å². The van der Waals surface area contributed by atoms with Crippen LogP contribution in [0.4, 0.5) is 22.7 Å². The van der Waals surface area contributed by atoms with Crippen LogP contribution in [0, 0.1) is 42.9 Å². The van der Waals surface area contributed by atoms with E-state index in [2.05, 4.69) is 108 Å². The minimum absolute atomic E-state index is 0.0127. The molecule has 2 fully saturated rings. The fourth-order valence-electron chi connectivity index (χ4n) is 17.1. The molecule has 31 heteroatoms. The molecule has 2 amide bonds. The number of nitro benzene ring substituents is 2. The van der Waals surface area contributed by atoms with Crippen molar-refractivity contribution in [3.8, 4) is 23.0 Å². The second kappa shape index (κ2) is 36.7. The fourth-order valence-corrected chi connectivity index (χ4v) is 22.1. The number of carbonyl (C=O) groups is 2. The molecule has 0 spiro atoms. The number of ether oxygens (including phenoxy) is 3. The van der Waals surface area contributed by atoms with Gasteiger partial charge in [0.2, 0.25) is 0 Å². The molecule has 6 aromatic carbocycles. The number of rotatable bonds is 25. The van der Waals surface area contributed by atoms with Gasteiger partial charge in [0, 0.05) is 180 Å². The van der Waals surface area contributed by atoms with Crippen LogP contribution >= 0.6 is 46.7 Å². The minimum atomic E-state index is -4.55. The van der Waals surface area contributed by atoms with Crippen molar-refractivity contribution in [3.63, 3.8) is 0 Å². The maximum Gasteiger partial charge on any atom is 0.275 e. The summed E-state index contributed by atoms with van der Waals surface area (Å²) in [5, 5.41) is 27.5. The Balaban J connectivity index is 0.000000188. The highest BCUT2D eigenvalue weighted by molar-refractivity contribution is 7.99. The number of piperazine rings is 2. The van der Waals surface area contributed by atoms with Gasteiger partial charge < -0.3 is 34.0 Å². The highest BCUT2D eigenvalue weighted by atomic mass is 35.5. The van der Waals surface area contributed by atoms with Crippen molar-refractivity contribution in [2.75, 3.05) is 100 Å². The van der Waals surface area contributed by atoms with Crippen molar-refractivity contribution < 1.29 is 50.5 Å². The van der Waals surface area contributed by atoms with E-state index in [9.17, 15) is 46.7 Å². The molecule has 0 bridgehead atoms. The number of allylic oxidation sites excluding steroid dienone is 2. The van der Waals surface area contributed by atoms with Crippen molar-refractivity contribution in [1.29, 1.82) is 0 Å². The zero-order chi connectivity index (χ0) is 85.1.